The Morgan fingerprint density at radius 1 is 1.13 bits per heavy atom. The fourth-order valence-electron chi connectivity index (χ4n) is 4.71. The van der Waals surface area contributed by atoms with Crippen LogP contribution in [0.1, 0.15) is 61.0 Å². The summed E-state index contributed by atoms with van der Waals surface area (Å²) in [4.78, 5) is 16.1. The molecule has 1 amide bonds. The average molecular weight is 584 g/mol. The van der Waals surface area contributed by atoms with Crippen LogP contribution in [0.4, 0.5) is 0 Å². The van der Waals surface area contributed by atoms with E-state index in [1.54, 1.807) is 6.07 Å². The lowest BCUT2D eigenvalue weighted by atomic mass is 9.94. The molecule has 1 aliphatic rings. The summed E-state index contributed by atoms with van der Waals surface area (Å²) in [6, 6.07) is 17.4. The van der Waals surface area contributed by atoms with E-state index >= 15 is 0 Å². The predicted octanol–water partition coefficient (Wildman–Crippen LogP) is 8.44. The molecular formula is C31H36Cl2N2O3Si. The fraction of sp³-hybridized carbons (Fsp3) is 0.419. The van der Waals surface area contributed by atoms with Crippen molar-refractivity contribution in [2.45, 2.75) is 57.7 Å². The Balaban J connectivity index is 1.69. The zero-order chi connectivity index (χ0) is 28.4. The van der Waals surface area contributed by atoms with E-state index in [1.165, 1.54) is 0 Å². The van der Waals surface area contributed by atoms with E-state index in [4.69, 9.17) is 32.4 Å². The van der Waals surface area contributed by atoms with Crippen LogP contribution in [-0.2, 0) is 4.43 Å². The van der Waals surface area contributed by atoms with Gasteiger partial charge in [0.05, 0.1) is 27.8 Å². The van der Waals surface area contributed by atoms with E-state index in [-0.39, 0.29) is 16.9 Å². The van der Waals surface area contributed by atoms with Gasteiger partial charge in [0.1, 0.15) is 11.8 Å². The van der Waals surface area contributed by atoms with Gasteiger partial charge in [0.25, 0.3) is 5.91 Å². The van der Waals surface area contributed by atoms with Gasteiger partial charge >= 0.3 is 0 Å². The van der Waals surface area contributed by atoms with Crippen LogP contribution in [0.3, 0.4) is 0 Å². The molecule has 0 saturated carbocycles. The van der Waals surface area contributed by atoms with Crippen molar-refractivity contribution in [1.82, 2.24) is 4.90 Å². The van der Waals surface area contributed by atoms with E-state index in [0.29, 0.717) is 59.6 Å². The largest absolute Gasteiger partial charge is 0.491 e. The molecule has 1 heterocycles. The maximum absolute atomic E-state index is 14.2. The Morgan fingerprint density at radius 2 is 1.87 bits per heavy atom. The fourth-order valence-corrected chi connectivity index (χ4v) is 6.07. The third-order valence-corrected chi connectivity index (χ3v) is 13.3. The van der Waals surface area contributed by atoms with Gasteiger partial charge in [-0.1, -0.05) is 74.3 Å². The third-order valence-electron chi connectivity index (χ3n) is 8.03. The molecule has 0 fully saturated rings. The molecule has 1 aliphatic heterocycles. The number of amides is 1. The maximum atomic E-state index is 14.2. The Hall–Kier alpha value is -2.56. The third kappa shape index (κ3) is 6.44. The quantitative estimate of drug-likeness (QED) is 0.262. The maximum Gasteiger partial charge on any atom is 0.258 e. The molecule has 5 nitrogen and oxygen atoms in total. The number of fused-ring (bicyclic) bond motifs is 3. The summed E-state index contributed by atoms with van der Waals surface area (Å²) in [5.74, 6) is 0.231. The van der Waals surface area contributed by atoms with Gasteiger partial charge in [0.15, 0.2) is 8.32 Å². The van der Waals surface area contributed by atoms with Gasteiger partial charge in [-0.05, 0) is 65.5 Å². The molecule has 0 aliphatic carbocycles. The molecule has 3 aromatic carbocycles. The molecule has 4 rings (SSSR count). The molecule has 0 N–H and O–H groups in total. The Labute approximate surface area is 242 Å². The molecule has 1 atom stereocenters. The van der Waals surface area contributed by atoms with Crippen LogP contribution in [0.25, 0.3) is 10.8 Å². The monoisotopic (exact) mass is 582 g/mol. The molecule has 206 valence electrons. The van der Waals surface area contributed by atoms with Gasteiger partial charge in [-0.3, -0.25) is 4.79 Å². The molecular weight excluding hydrogens is 547 g/mol. The van der Waals surface area contributed by atoms with E-state index in [9.17, 15) is 10.1 Å². The molecule has 3 aromatic rings. The van der Waals surface area contributed by atoms with Crippen LogP contribution in [0.2, 0.25) is 28.2 Å². The highest BCUT2D eigenvalue weighted by atomic mass is 35.5. The van der Waals surface area contributed by atoms with Crippen molar-refractivity contribution in [2.75, 3.05) is 26.3 Å². The number of ether oxygens (including phenoxy) is 1. The smallest absolute Gasteiger partial charge is 0.258 e. The van der Waals surface area contributed by atoms with Crippen LogP contribution >= 0.6 is 23.2 Å². The lowest BCUT2D eigenvalue weighted by Crippen LogP contribution is -2.41. The highest BCUT2D eigenvalue weighted by Gasteiger charge is 2.37. The number of hydrogen-bond donors (Lipinski definition) is 0. The molecule has 0 aromatic heterocycles. The van der Waals surface area contributed by atoms with Gasteiger partial charge in [0.2, 0.25) is 0 Å². The zero-order valence-corrected chi connectivity index (χ0v) is 25.8. The summed E-state index contributed by atoms with van der Waals surface area (Å²) in [7, 11) is -1.94. The van der Waals surface area contributed by atoms with Crippen molar-refractivity contribution in [3.63, 3.8) is 0 Å². The Bertz CT molecular complexity index is 1410. The van der Waals surface area contributed by atoms with E-state index < -0.39 is 8.32 Å². The number of carbonyl (C=O) groups excluding carboxylic acids is 1. The summed E-state index contributed by atoms with van der Waals surface area (Å²) in [5.41, 5.74) is 1.85. The van der Waals surface area contributed by atoms with Gasteiger partial charge in [-0.2, -0.15) is 5.26 Å². The van der Waals surface area contributed by atoms with E-state index in [0.717, 1.165) is 22.8 Å². The van der Waals surface area contributed by atoms with Gasteiger partial charge < -0.3 is 14.1 Å². The van der Waals surface area contributed by atoms with Gasteiger partial charge in [-0.15, -0.1) is 0 Å². The number of benzene rings is 3. The lowest BCUT2D eigenvalue weighted by Gasteiger charge is -2.37. The van der Waals surface area contributed by atoms with Crippen molar-refractivity contribution in [3.05, 3.63) is 75.3 Å². The van der Waals surface area contributed by atoms with Crippen molar-refractivity contribution >= 4 is 48.2 Å². The molecule has 0 unspecified atom stereocenters. The SMILES string of the molecule is CC(C)(C)[Si](C)(C)OCC[C@H](CN1CCCOc2c(C#N)cc3ccccc3c2C1=O)c1ccc(Cl)c(Cl)c1. The first-order chi connectivity index (χ1) is 18.4. The summed E-state index contributed by atoms with van der Waals surface area (Å²) < 4.78 is 12.5. The number of nitriles is 1. The van der Waals surface area contributed by atoms with Crippen LogP contribution in [0.15, 0.2) is 48.5 Å². The first kappa shape index (κ1) is 29.4. The predicted molar refractivity (Wildman–Crippen MR) is 162 cm³/mol. The summed E-state index contributed by atoms with van der Waals surface area (Å²) in [6.07, 6.45) is 1.40. The number of hydrogen-bond acceptors (Lipinski definition) is 4. The van der Waals surface area contributed by atoms with E-state index in [1.807, 2.05) is 47.4 Å². The zero-order valence-electron chi connectivity index (χ0n) is 23.3. The van der Waals surface area contributed by atoms with Crippen molar-refractivity contribution in [1.29, 1.82) is 5.26 Å². The standard InChI is InChI=1S/C31H36Cl2N2O3Si/c1-31(2,3)39(4,5)38-16-13-23(21-11-12-26(32)27(33)18-21)20-35-14-8-15-37-29-24(19-34)17-22-9-6-7-10-25(22)28(29)30(35)36/h6-7,9-12,17-18,23H,8,13-16,20H2,1-5H3/t23-/m1/s1. The van der Waals surface area contributed by atoms with Crippen molar-refractivity contribution in [3.8, 4) is 11.8 Å². The normalized spacial score (nSPS) is 15.2. The van der Waals surface area contributed by atoms with Crippen LogP contribution in [0.5, 0.6) is 5.75 Å². The number of halogens is 2. The number of carbonyl (C=O) groups is 1. The molecule has 39 heavy (non-hydrogen) atoms. The highest BCUT2D eigenvalue weighted by molar-refractivity contribution is 6.74. The number of nitrogens with zero attached hydrogens (tertiary/aromatic N) is 2. The summed E-state index contributed by atoms with van der Waals surface area (Å²) in [6.45, 7) is 13.2. The molecule has 0 spiro atoms. The molecule has 0 bridgehead atoms. The molecule has 0 saturated heterocycles. The average Bonchev–Trinajstić information content (AvgIpc) is 2.88. The second kappa shape index (κ2) is 11.9. The van der Waals surface area contributed by atoms with Crippen LogP contribution in [0, 0.1) is 11.3 Å². The summed E-state index contributed by atoms with van der Waals surface area (Å²) >= 11 is 12.7. The topological polar surface area (TPSA) is 62.6 Å². The Morgan fingerprint density at radius 3 is 2.56 bits per heavy atom. The van der Waals surface area contributed by atoms with Crippen LogP contribution in [-0.4, -0.2) is 45.4 Å². The number of rotatable bonds is 7. The lowest BCUT2D eigenvalue weighted by molar-refractivity contribution is 0.0711. The minimum atomic E-state index is -1.94. The Kier molecular flexibility index (Phi) is 8.97. The second-order valence-corrected chi connectivity index (χ2v) is 17.3. The minimum absolute atomic E-state index is 0.0114. The van der Waals surface area contributed by atoms with Crippen LogP contribution < -0.4 is 4.74 Å². The first-order valence-electron chi connectivity index (χ1n) is 13.4. The first-order valence-corrected chi connectivity index (χ1v) is 17.1. The van der Waals surface area contributed by atoms with Crippen molar-refractivity contribution < 1.29 is 14.0 Å². The second-order valence-electron chi connectivity index (χ2n) is 11.7. The van der Waals surface area contributed by atoms with Crippen molar-refractivity contribution in [2.24, 2.45) is 0 Å². The molecule has 0 radical (unpaired) electrons. The van der Waals surface area contributed by atoms with E-state index in [2.05, 4.69) is 39.9 Å². The molecule has 8 heteroatoms. The highest BCUT2D eigenvalue weighted by Crippen LogP contribution is 2.38. The summed E-state index contributed by atoms with van der Waals surface area (Å²) in [5, 5.41) is 12.6. The van der Waals surface area contributed by atoms with Gasteiger partial charge in [-0.25, -0.2) is 0 Å². The van der Waals surface area contributed by atoms with Gasteiger partial charge in [0, 0.05) is 25.6 Å². The minimum Gasteiger partial charge on any atom is -0.491 e.